The van der Waals surface area contributed by atoms with E-state index in [-0.39, 0.29) is 35.4 Å². The number of sulfonamides is 1. The number of carbonyl (C=O) groups is 2. The summed E-state index contributed by atoms with van der Waals surface area (Å²) in [6.45, 7) is 0.898. The summed E-state index contributed by atoms with van der Waals surface area (Å²) in [5, 5.41) is 2.82. The van der Waals surface area contributed by atoms with Crippen LogP contribution in [0.1, 0.15) is 30.0 Å². The van der Waals surface area contributed by atoms with Crippen LogP contribution in [0.5, 0.6) is 0 Å². The molecule has 2 aromatic heterocycles. The van der Waals surface area contributed by atoms with E-state index in [1.54, 1.807) is 0 Å². The van der Waals surface area contributed by atoms with Crippen LogP contribution in [-0.4, -0.2) is 46.9 Å². The molecule has 1 aliphatic rings. The summed E-state index contributed by atoms with van der Waals surface area (Å²) in [4.78, 5) is 38.9. The molecule has 39 heavy (non-hydrogen) atoms. The zero-order chi connectivity index (χ0) is 27.7. The van der Waals surface area contributed by atoms with Gasteiger partial charge in [-0.25, -0.2) is 22.6 Å². The van der Waals surface area contributed by atoms with Crippen molar-refractivity contribution < 1.29 is 31.6 Å². The zero-order valence-electron chi connectivity index (χ0n) is 20.5. The van der Waals surface area contributed by atoms with E-state index in [0.29, 0.717) is 19.3 Å². The molecule has 12 nitrogen and oxygen atoms in total. The number of aromatic nitrogens is 3. The van der Waals surface area contributed by atoms with Crippen LogP contribution in [0.3, 0.4) is 0 Å². The van der Waals surface area contributed by atoms with Crippen LogP contribution in [0.25, 0.3) is 11.1 Å². The van der Waals surface area contributed by atoms with E-state index >= 15 is 4.39 Å². The largest absolute Gasteiger partial charge is 0.456 e. The average molecular weight is 576 g/mol. The summed E-state index contributed by atoms with van der Waals surface area (Å²) in [7, 11) is -4.36. The third-order valence-electron chi connectivity index (χ3n) is 6.28. The van der Waals surface area contributed by atoms with Crippen molar-refractivity contribution >= 4 is 49.7 Å². The van der Waals surface area contributed by atoms with E-state index < -0.39 is 38.4 Å². The van der Waals surface area contributed by atoms with Crippen LogP contribution in [0, 0.1) is 5.82 Å². The van der Waals surface area contributed by atoms with Crippen LogP contribution in [0.15, 0.2) is 50.8 Å². The molecular weight excluding hydrogens is 553 g/mol. The molecule has 0 aliphatic heterocycles. The fourth-order valence-electron chi connectivity index (χ4n) is 4.55. The molecule has 15 heteroatoms. The Morgan fingerprint density at radius 3 is 2.87 bits per heavy atom. The highest BCUT2D eigenvalue weighted by Crippen LogP contribution is 2.28. The fourth-order valence-corrected chi connectivity index (χ4v) is 6.29. The summed E-state index contributed by atoms with van der Waals surface area (Å²) in [5.41, 5.74) is 2.75. The number of hydrogen-bond acceptors (Lipinski definition) is 10. The normalized spacial score (nSPS) is 15.1. The highest BCUT2D eigenvalue weighted by Gasteiger charge is 2.26. The van der Waals surface area contributed by atoms with Crippen molar-refractivity contribution in [1.29, 1.82) is 0 Å². The predicted octanol–water partition coefficient (Wildman–Crippen LogP) is 1.97. The van der Waals surface area contributed by atoms with Crippen molar-refractivity contribution in [3.63, 3.8) is 0 Å². The van der Waals surface area contributed by atoms with Gasteiger partial charge in [0.1, 0.15) is 17.0 Å². The van der Waals surface area contributed by atoms with Crippen LogP contribution in [0.2, 0.25) is 0 Å². The Morgan fingerprint density at radius 1 is 1.31 bits per heavy atom. The summed E-state index contributed by atoms with van der Waals surface area (Å²) in [6.07, 6.45) is 3.00. The van der Waals surface area contributed by atoms with Crippen LogP contribution in [0.4, 0.5) is 9.52 Å². The first kappa shape index (κ1) is 26.5. The first-order valence-electron chi connectivity index (χ1n) is 11.8. The fraction of sp³-hybridized carbons (Fsp3) is 0.292. The van der Waals surface area contributed by atoms with Gasteiger partial charge in [0.05, 0.1) is 12.1 Å². The topological polar surface area (TPSA) is 162 Å². The second-order valence-electron chi connectivity index (χ2n) is 8.90. The summed E-state index contributed by atoms with van der Waals surface area (Å²) in [5.74, 6) is -2.81. The zero-order valence-corrected chi connectivity index (χ0v) is 22.1. The van der Waals surface area contributed by atoms with Crippen LogP contribution in [-0.2, 0) is 43.7 Å². The van der Waals surface area contributed by atoms with Crippen molar-refractivity contribution in [1.82, 2.24) is 19.2 Å². The Morgan fingerprint density at radius 2 is 2.13 bits per heavy atom. The van der Waals surface area contributed by atoms with E-state index in [2.05, 4.69) is 19.4 Å². The molecule has 5 rings (SSSR count). The number of nitrogens with one attached hydrogen (secondary N) is 2. The lowest BCUT2D eigenvalue weighted by Crippen LogP contribution is -2.41. The number of carbonyl (C=O) groups excluding carboxylic acids is 2. The van der Waals surface area contributed by atoms with Crippen LogP contribution >= 0.6 is 11.5 Å². The quantitative estimate of drug-likeness (QED) is 0.299. The number of nitrogens with zero attached hydrogens (tertiary/aromatic N) is 3. The van der Waals surface area contributed by atoms with Gasteiger partial charge >= 0.3 is 11.7 Å². The van der Waals surface area contributed by atoms with Crippen molar-refractivity contribution in [3.05, 3.63) is 69.7 Å². The minimum Gasteiger partial charge on any atom is -0.456 e. The molecule has 0 bridgehead atoms. The number of hydrogen-bond donors (Lipinski definition) is 2. The molecule has 2 N–H and O–H groups in total. The number of ether oxygens (including phenoxy) is 1. The second kappa shape index (κ2) is 10.6. The number of amides is 1. The molecule has 204 valence electrons. The molecule has 2 heterocycles. The van der Waals surface area contributed by atoms with E-state index in [0.717, 1.165) is 46.7 Å². The van der Waals surface area contributed by atoms with E-state index in [1.807, 2.05) is 18.2 Å². The van der Waals surface area contributed by atoms with E-state index in [9.17, 15) is 22.8 Å². The molecule has 0 spiro atoms. The van der Waals surface area contributed by atoms with Gasteiger partial charge in [-0.05, 0) is 36.0 Å². The van der Waals surface area contributed by atoms with Crippen molar-refractivity contribution in [2.24, 2.45) is 0 Å². The highest BCUT2D eigenvalue weighted by atomic mass is 32.2. The lowest BCUT2D eigenvalue weighted by atomic mass is 9.85. The standard InChI is InChI=1S/C24H22FN5O7S2/c1-13(31)36-11-22(32)28-16-6-5-14-3-2-4-15(17(14)7-16)10-30-19-8-18(25)21(9-20(19)37-24(30)33)39(34,35)29-23-26-12-27-38-23/h2-4,8-9,12,16H,5-7,10-11H2,1H3,(H,28,32)(H,26,27,29)/t16-/m1/s1. The predicted molar refractivity (Wildman–Crippen MR) is 137 cm³/mol. The molecule has 0 saturated carbocycles. The number of fused-ring (bicyclic) bond motifs is 2. The number of rotatable bonds is 8. The van der Waals surface area contributed by atoms with Gasteiger partial charge in [0.2, 0.25) is 5.13 Å². The number of halogens is 1. The first-order valence-corrected chi connectivity index (χ1v) is 14.0. The third-order valence-corrected chi connectivity index (χ3v) is 8.34. The molecule has 0 unspecified atom stereocenters. The van der Waals surface area contributed by atoms with Gasteiger partial charge in [-0.2, -0.15) is 4.37 Å². The molecule has 4 aromatic rings. The van der Waals surface area contributed by atoms with Gasteiger partial charge in [-0.15, -0.1) is 0 Å². The smallest absolute Gasteiger partial charge is 0.420 e. The Balaban J connectivity index is 1.41. The summed E-state index contributed by atoms with van der Waals surface area (Å²) < 4.78 is 57.5. The lowest BCUT2D eigenvalue weighted by Gasteiger charge is -2.27. The minimum atomic E-state index is -4.36. The SMILES string of the molecule is CC(=O)OCC(=O)N[C@@H]1CCc2cccc(Cn3c(=O)oc4cc(S(=O)(=O)Nc5ncns5)c(F)cc43)c2C1. The average Bonchev–Trinajstić information content (AvgIpc) is 3.49. The van der Waals surface area contributed by atoms with Gasteiger partial charge in [0.25, 0.3) is 15.9 Å². The molecule has 1 amide bonds. The number of aryl methyl sites for hydroxylation is 1. The van der Waals surface area contributed by atoms with Gasteiger partial charge < -0.3 is 14.5 Å². The molecule has 0 fully saturated rings. The van der Waals surface area contributed by atoms with Gasteiger partial charge in [-0.3, -0.25) is 18.9 Å². The first-order chi connectivity index (χ1) is 18.6. The maximum absolute atomic E-state index is 15.1. The van der Waals surface area contributed by atoms with Gasteiger partial charge in [-0.1, -0.05) is 18.2 Å². The Labute approximate surface area is 225 Å². The molecule has 1 atom stereocenters. The highest BCUT2D eigenvalue weighted by molar-refractivity contribution is 7.93. The monoisotopic (exact) mass is 575 g/mol. The lowest BCUT2D eigenvalue weighted by molar-refractivity contribution is -0.146. The molecule has 0 radical (unpaired) electrons. The minimum absolute atomic E-state index is 0.0387. The van der Waals surface area contributed by atoms with E-state index in [1.165, 1.54) is 11.5 Å². The molecule has 1 aliphatic carbocycles. The summed E-state index contributed by atoms with van der Waals surface area (Å²) in [6, 6.07) is 7.35. The maximum atomic E-state index is 15.1. The van der Waals surface area contributed by atoms with Crippen LogP contribution < -0.4 is 15.8 Å². The number of anilines is 1. The Hall–Kier alpha value is -4.11. The Bertz CT molecular complexity index is 1730. The van der Waals surface area contributed by atoms with Crippen molar-refractivity contribution in [3.8, 4) is 0 Å². The third kappa shape index (κ3) is 5.68. The number of oxazole rings is 1. The molecule has 0 saturated heterocycles. The Kier molecular flexibility index (Phi) is 7.18. The number of benzene rings is 2. The second-order valence-corrected chi connectivity index (χ2v) is 11.3. The molecular formula is C24H22FN5O7S2. The molecule has 2 aromatic carbocycles. The van der Waals surface area contributed by atoms with E-state index in [4.69, 9.17) is 9.15 Å². The van der Waals surface area contributed by atoms with Gasteiger partial charge in [0, 0.05) is 36.6 Å². The number of esters is 1. The maximum Gasteiger partial charge on any atom is 0.420 e. The van der Waals surface area contributed by atoms with Crippen molar-refractivity contribution in [2.75, 3.05) is 11.3 Å². The van der Waals surface area contributed by atoms with Crippen molar-refractivity contribution in [2.45, 2.75) is 43.7 Å². The summed E-state index contributed by atoms with van der Waals surface area (Å²) >= 11 is 0.785. The van der Waals surface area contributed by atoms with Gasteiger partial charge in [0.15, 0.2) is 12.2 Å².